The second-order valence-corrected chi connectivity index (χ2v) is 2.30. The van der Waals surface area contributed by atoms with E-state index in [0.29, 0.717) is 0 Å². The number of ether oxygens (including phenoxy) is 1. The van der Waals surface area contributed by atoms with Gasteiger partial charge in [-0.3, -0.25) is 0 Å². The predicted octanol–water partition coefficient (Wildman–Crippen LogP) is 2.65. The lowest BCUT2D eigenvalue weighted by Gasteiger charge is -2.02. The van der Waals surface area contributed by atoms with Crippen LogP contribution < -0.4 is 4.74 Å². The molecule has 0 spiro atoms. The zero-order valence-corrected chi connectivity index (χ0v) is 7.23. The number of halogens is 1. The van der Waals surface area contributed by atoms with Gasteiger partial charge < -0.3 is 4.74 Å². The Morgan fingerprint density at radius 3 is 2.86 bits per heavy atom. The second-order valence-electron chi connectivity index (χ2n) is 2.30. The summed E-state index contributed by atoms with van der Waals surface area (Å²) in [5.74, 6) is -0.571. The average molecular weight is 192 g/mol. The summed E-state index contributed by atoms with van der Waals surface area (Å²) in [7, 11) is 1.35. The third-order valence-electron chi connectivity index (χ3n) is 1.54. The molecule has 5 nitrogen and oxygen atoms in total. The van der Waals surface area contributed by atoms with Crippen LogP contribution in [0.3, 0.4) is 0 Å². The Kier molecular flexibility index (Phi) is 2.89. The summed E-state index contributed by atoms with van der Waals surface area (Å²) < 4.78 is 17.9. The number of azide groups is 1. The summed E-state index contributed by atoms with van der Waals surface area (Å²) in [6, 6.07) is 3.95. The third kappa shape index (κ3) is 1.73. The average Bonchev–Trinajstić information content (AvgIpc) is 2.18. The van der Waals surface area contributed by atoms with Crippen molar-refractivity contribution in [2.75, 3.05) is 7.11 Å². The van der Waals surface area contributed by atoms with E-state index in [0.717, 1.165) is 6.07 Å². The van der Waals surface area contributed by atoms with Crippen LogP contribution in [0.25, 0.3) is 10.4 Å². The minimum atomic E-state index is -0.769. The van der Waals surface area contributed by atoms with Crippen molar-refractivity contribution < 1.29 is 9.13 Å². The Balaban J connectivity index is 3.44. The number of hydrogen-bond donors (Lipinski definition) is 0. The summed E-state index contributed by atoms with van der Waals surface area (Å²) in [6.45, 7) is 0. The Labute approximate surface area is 79.0 Å². The summed E-state index contributed by atoms with van der Waals surface area (Å²) in [4.78, 5) is 2.48. The molecule has 1 aromatic rings. The number of benzene rings is 1. The van der Waals surface area contributed by atoms with E-state index in [4.69, 9.17) is 15.5 Å². The number of rotatable bonds is 2. The Hall–Kier alpha value is -2.25. The maximum atomic E-state index is 13.1. The molecule has 14 heavy (non-hydrogen) atoms. The van der Waals surface area contributed by atoms with Gasteiger partial charge in [-0.05, 0) is 11.6 Å². The Bertz CT molecular complexity index is 445. The van der Waals surface area contributed by atoms with Crippen LogP contribution >= 0.6 is 0 Å². The first-order chi connectivity index (χ1) is 6.72. The fourth-order valence-electron chi connectivity index (χ4n) is 0.924. The van der Waals surface area contributed by atoms with Gasteiger partial charge in [-0.1, -0.05) is 5.11 Å². The van der Waals surface area contributed by atoms with Crippen molar-refractivity contribution in [2.45, 2.75) is 0 Å². The van der Waals surface area contributed by atoms with Crippen LogP contribution in [-0.2, 0) is 0 Å². The van der Waals surface area contributed by atoms with E-state index in [2.05, 4.69) is 10.0 Å². The highest BCUT2D eigenvalue weighted by Crippen LogP contribution is 2.27. The van der Waals surface area contributed by atoms with Gasteiger partial charge in [-0.15, -0.1) is 0 Å². The van der Waals surface area contributed by atoms with Crippen molar-refractivity contribution in [1.82, 2.24) is 0 Å². The summed E-state index contributed by atoms with van der Waals surface area (Å²) in [5, 5.41) is 11.8. The minimum Gasteiger partial charge on any atom is -0.497 e. The SMILES string of the molecule is COc1cc(F)c(C#N)c(N=[N+]=[N-])c1. The molecule has 0 bridgehead atoms. The Morgan fingerprint density at radius 1 is 1.64 bits per heavy atom. The van der Waals surface area contributed by atoms with Gasteiger partial charge in [0.25, 0.3) is 0 Å². The highest BCUT2D eigenvalue weighted by molar-refractivity contribution is 5.57. The molecule has 0 unspecified atom stereocenters. The zero-order chi connectivity index (χ0) is 10.6. The molecule has 0 radical (unpaired) electrons. The lowest BCUT2D eigenvalue weighted by atomic mass is 10.2. The molecule has 0 saturated carbocycles. The molecule has 0 aliphatic carbocycles. The van der Waals surface area contributed by atoms with Gasteiger partial charge in [0, 0.05) is 11.0 Å². The van der Waals surface area contributed by atoms with Gasteiger partial charge >= 0.3 is 0 Å². The smallest absolute Gasteiger partial charge is 0.145 e. The van der Waals surface area contributed by atoms with Crippen molar-refractivity contribution in [3.05, 3.63) is 34.0 Å². The molecule has 0 amide bonds. The predicted molar refractivity (Wildman–Crippen MR) is 46.5 cm³/mol. The van der Waals surface area contributed by atoms with Gasteiger partial charge in [0.2, 0.25) is 0 Å². The standard InChI is InChI=1S/C8H5FN4O/c1-14-5-2-7(9)6(4-10)8(3-5)12-13-11/h2-3H,1H3. The van der Waals surface area contributed by atoms with Crippen molar-refractivity contribution >= 4 is 5.69 Å². The topological polar surface area (TPSA) is 81.8 Å². The van der Waals surface area contributed by atoms with Gasteiger partial charge in [0.05, 0.1) is 18.4 Å². The molecule has 1 aromatic carbocycles. The number of hydrogen-bond acceptors (Lipinski definition) is 3. The molecular weight excluding hydrogens is 187 g/mol. The zero-order valence-electron chi connectivity index (χ0n) is 7.23. The van der Waals surface area contributed by atoms with E-state index in [1.807, 2.05) is 0 Å². The molecule has 0 N–H and O–H groups in total. The molecule has 0 atom stereocenters. The van der Waals surface area contributed by atoms with Crippen LogP contribution in [0.4, 0.5) is 10.1 Å². The van der Waals surface area contributed by atoms with Crippen LogP contribution in [0.15, 0.2) is 17.2 Å². The molecule has 0 fully saturated rings. The Morgan fingerprint density at radius 2 is 2.36 bits per heavy atom. The number of methoxy groups -OCH3 is 1. The monoisotopic (exact) mass is 192 g/mol. The normalized spacial score (nSPS) is 8.64. The van der Waals surface area contributed by atoms with E-state index in [9.17, 15) is 4.39 Å². The van der Waals surface area contributed by atoms with Crippen LogP contribution in [0.1, 0.15) is 5.56 Å². The van der Waals surface area contributed by atoms with Crippen LogP contribution in [-0.4, -0.2) is 7.11 Å². The van der Waals surface area contributed by atoms with E-state index in [1.165, 1.54) is 13.2 Å². The number of nitrogens with zero attached hydrogens (tertiary/aromatic N) is 4. The molecule has 70 valence electrons. The van der Waals surface area contributed by atoms with Gasteiger partial charge in [0.15, 0.2) is 0 Å². The molecule has 0 aliphatic rings. The lowest BCUT2D eigenvalue weighted by molar-refractivity contribution is 0.411. The largest absolute Gasteiger partial charge is 0.497 e. The summed E-state index contributed by atoms with van der Waals surface area (Å²) in [5.41, 5.74) is 7.81. The van der Waals surface area contributed by atoms with Crippen molar-refractivity contribution in [1.29, 1.82) is 5.26 Å². The fraction of sp³-hybridized carbons (Fsp3) is 0.125. The van der Waals surface area contributed by atoms with Crippen LogP contribution in [0, 0.1) is 17.1 Å². The van der Waals surface area contributed by atoms with Crippen molar-refractivity contribution in [2.24, 2.45) is 5.11 Å². The first kappa shape index (κ1) is 9.84. The maximum Gasteiger partial charge on any atom is 0.145 e. The summed E-state index contributed by atoms with van der Waals surface area (Å²) in [6.07, 6.45) is 0. The first-order valence-corrected chi connectivity index (χ1v) is 3.55. The van der Waals surface area contributed by atoms with Gasteiger partial charge in [0.1, 0.15) is 17.6 Å². The minimum absolute atomic E-state index is 0.0770. The van der Waals surface area contributed by atoms with Gasteiger partial charge in [-0.2, -0.15) is 5.26 Å². The molecule has 1 rings (SSSR count). The second kappa shape index (κ2) is 4.12. The van der Waals surface area contributed by atoms with Gasteiger partial charge in [-0.25, -0.2) is 4.39 Å². The summed E-state index contributed by atoms with van der Waals surface area (Å²) >= 11 is 0. The quantitative estimate of drug-likeness (QED) is 0.410. The van der Waals surface area contributed by atoms with E-state index >= 15 is 0 Å². The maximum absolute atomic E-state index is 13.1. The lowest BCUT2D eigenvalue weighted by Crippen LogP contribution is -1.88. The van der Waals surface area contributed by atoms with Crippen molar-refractivity contribution in [3.63, 3.8) is 0 Å². The molecule has 0 aromatic heterocycles. The van der Waals surface area contributed by atoms with E-state index in [1.54, 1.807) is 6.07 Å². The van der Waals surface area contributed by atoms with Crippen molar-refractivity contribution in [3.8, 4) is 11.8 Å². The van der Waals surface area contributed by atoms with Crippen LogP contribution in [0.5, 0.6) is 5.75 Å². The molecule has 0 saturated heterocycles. The molecule has 0 heterocycles. The van der Waals surface area contributed by atoms with Crippen LogP contribution in [0.2, 0.25) is 0 Å². The first-order valence-electron chi connectivity index (χ1n) is 3.55. The molecule has 0 aliphatic heterocycles. The third-order valence-corrected chi connectivity index (χ3v) is 1.54. The molecule has 6 heteroatoms. The molecular formula is C8H5FN4O. The number of nitriles is 1. The fourth-order valence-corrected chi connectivity index (χ4v) is 0.924. The highest BCUT2D eigenvalue weighted by atomic mass is 19.1. The van der Waals surface area contributed by atoms with E-state index < -0.39 is 5.82 Å². The highest BCUT2D eigenvalue weighted by Gasteiger charge is 2.09. The van der Waals surface area contributed by atoms with E-state index in [-0.39, 0.29) is 17.0 Å².